The molecule has 0 aliphatic carbocycles. The third-order valence-corrected chi connectivity index (χ3v) is 6.15. The number of aromatic amines is 2. The van der Waals surface area contributed by atoms with E-state index in [1.165, 1.54) is 0 Å². The van der Waals surface area contributed by atoms with Gasteiger partial charge in [0.25, 0.3) is 0 Å². The van der Waals surface area contributed by atoms with Gasteiger partial charge in [-0.05, 0) is 49.6 Å². The van der Waals surface area contributed by atoms with E-state index in [4.69, 9.17) is 19.4 Å². The van der Waals surface area contributed by atoms with E-state index in [1.807, 2.05) is 42.5 Å². The highest BCUT2D eigenvalue weighted by Crippen LogP contribution is 2.22. The number of nitrogens with one attached hydrogen (secondary N) is 2. The molecule has 0 aliphatic heterocycles. The van der Waals surface area contributed by atoms with Crippen LogP contribution in [-0.2, 0) is 13.1 Å². The Morgan fingerprint density at radius 3 is 1.94 bits per heavy atom. The van der Waals surface area contributed by atoms with Gasteiger partial charge >= 0.3 is 0 Å². The molecule has 0 bridgehead atoms. The normalized spacial score (nSPS) is 12.5. The second-order valence-corrected chi connectivity index (χ2v) is 8.43. The van der Waals surface area contributed by atoms with Gasteiger partial charge in [0, 0.05) is 12.1 Å². The lowest BCUT2D eigenvalue weighted by molar-refractivity contribution is 0.224. The lowest BCUT2D eigenvalue weighted by Gasteiger charge is -2.23. The van der Waals surface area contributed by atoms with E-state index in [0.29, 0.717) is 19.0 Å². The second-order valence-electron chi connectivity index (χ2n) is 8.43. The summed E-state index contributed by atoms with van der Waals surface area (Å²) in [4.78, 5) is 18.9. The van der Waals surface area contributed by atoms with Crippen molar-refractivity contribution in [2.24, 2.45) is 5.92 Å². The molecule has 7 heteroatoms. The van der Waals surface area contributed by atoms with E-state index in [1.54, 1.807) is 14.2 Å². The van der Waals surface area contributed by atoms with Crippen LogP contribution in [0.15, 0.2) is 49.1 Å². The smallest absolute Gasteiger partial charge is 0.121 e. The highest BCUT2D eigenvalue weighted by atomic mass is 16.5. The average Bonchev–Trinajstić information content (AvgIpc) is 3.42. The molecule has 0 aliphatic rings. The van der Waals surface area contributed by atoms with Gasteiger partial charge in [0.1, 0.15) is 23.1 Å². The van der Waals surface area contributed by atoms with Gasteiger partial charge in [-0.15, -0.1) is 6.58 Å². The average molecular weight is 448 g/mol. The van der Waals surface area contributed by atoms with Crippen LogP contribution in [0.2, 0.25) is 0 Å². The number of aromatic nitrogens is 4. The molecule has 174 valence electrons. The summed E-state index contributed by atoms with van der Waals surface area (Å²) in [6.45, 7) is 8.54. The van der Waals surface area contributed by atoms with E-state index >= 15 is 0 Å². The van der Waals surface area contributed by atoms with Crippen LogP contribution in [0.1, 0.15) is 37.8 Å². The number of rotatable bonds is 12. The topological polar surface area (TPSA) is 79.1 Å². The highest BCUT2D eigenvalue weighted by Gasteiger charge is 2.15. The Morgan fingerprint density at radius 1 is 0.939 bits per heavy atom. The third-order valence-electron chi connectivity index (χ3n) is 6.15. The molecular weight excluding hydrogens is 414 g/mol. The SMILES string of the molecule is C=CCC(CC)CCN(Cc1nc2ccc(OC)cc2[nH]1)Cc1nc2ccc(OC)cc2[nH]1. The van der Waals surface area contributed by atoms with Crippen LogP contribution in [0.4, 0.5) is 0 Å². The molecule has 4 aromatic rings. The molecule has 0 spiro atoms. The van der Waals surface area contributed by atoms with E-state index in [-0.39, 0.29) is 0 Å². The van der Waals surface area contributed by atoms with Gasteiger partial charge in [-0.1, -0.05) is 19.4 Å². The zero-order valence-corrected chi connectivity index (χ0v) is 19.7. The lowest BCUT2D eigenvalue weighted by Crippen LogP contribution is -2.26. The first-order chi connectivity index (χ1) is 16.1. The van der Waals surface area contributed by atoms with Crippen LogP contribution in [0, 0.1) is 5.92 Å². The summed E-state index contributed by atoms with van der Waals surface area (Å²) in [5.74, 6) is 4.15. The Bertz CT molecular complexity index is 1130. The van der Waals surface area contributed by atoms with E-state index < -0.39 is 0 Å². The van der Waals surface area contributed by atoms with Crippen LogP contribution in [-0.4, -0.2) is 45.6 Å². The van der Waals surface area contributed by atoms with Crippen LogP contribution >= 0.6 is 0 Å². The maximum Gasteiger partial charge on any atom is 0.121 e. The first-order valence-electron chi connectivity index (χ1n) is 11.5. The van der Waals surface area contributed by atoms with Crippen LogP contribution in [0.25, 0.3) is 22.1 Å². The molecule has 2 aromatic heterocycles. The van der Waals surface area contributed by atoms with Crippen molar-refractivity contribution in [3.8, 4) is 11.5 Å². The Labute approximate surface area is 194 Å². The number of nitrogens with zero attached hydrogens (tertiary/aromatic N) is 3. The molecular formula is C26H33N5O2. The van der Waals surface area contributed by atoms with Crippen molar-refractivity contribution in [3.05, 3.63) is 60.7 Å². The van der Waals surface area contributed by atoms with E-state index in [0.717, 1.165) is 71.0 Å². The standard InChI is InChI=1S/C26H33N5O2/c1-5-7-18(6-2)12-13-31(16-25-27-21-10-8-19(32-3)14-23(21)29-25)17-26-28-22-11-9-20(33-4)15-24(22)30-26/h5,8-11,14-15,18H,1,6-7,12-13,16-17H2,2-4H3,(H,27,29)(H,28,30). The monoisotopic (exact) mass is 447 g/mol. The molecule has 1 atom stereocenters. The zero-order valence-electron chi connectivity index (χ0n) is 19.7. The molecule has 33 heavy (non-hydrogen) atoms. The molecule has 7 nitrogen and oxygen atoms in total. The molecule has 0 saturated carbocycles. The Morgan fingerprint density at radius 2 is 1.48 bits per heavy atom. The van der Waals surface area contributed by atoms with Gasteiger partial charge in [0.2, 0.25) is 0 Å². The molecule has 1 unspecified atom stereocenters. The molecule has 0 radical (unpaired) electrons. The van der Waals surface area contributed by atoms with Crippen LogP contribution < -0.4 is 9.47 Å². The number of allylic oxidation sites excluding steroid dienone is 1. The van der Waals surface area contributed by atoms with Crippen molar-refractivity contribution in [1.82, 2.24) is 24.8 Å². The number of ether oxygens (including phenoxy) is 2. The van der Waals surface area contributed by atoms with Crippen molar-refractivity contribution in [1.29, 1.82) is 0 Å². The number of fused-ring (bicyclic) bond motifs is 2. The number of benzene rings is 2. The summed E-state index contributed by atoms with van der Waals surface area (Å²) >= 11 is 0. The molecule has 0 amide bonds. The largest absolute Gasteiger partial charge is 0.497 e. The Hall–Kier alpha value is -3.32. The van der Waals surface area contributed by atoms with Gasteiger partial charge in [-0.25, -0.2) is 9.97 Å². The predicted octanol–water partition coefficient (Wildman–Crippen LogP) is 5.45. The van der Waals surface area contributed by atoms with Crippen molar-refractivity contribution >= 4 is 22.1 Å². The molecule has 2 N–H and O–H groups in total. The summed E-state index contributed by atoms with van der Waals surface area (Å²) in [6.07, 6.45) is 5.32. The van der Waals surface area contributed by atoms with Gasteiger partial charge in [-0.3, -0.25) is 4.90 Å². The van der Waals surface area contributed by atoms with Gasteiger partial charge < -0.3 is 19.4 Å². The maximum absolute atomic E-state index is 5.35. The molecule has 2 aromatic carbocycles. The second kappa shape index (κ2) is 10.5. The van der Waals surface area contributed by atoms with E-state index in [2.05, 4.69) is 28.4 Å². The van der Waals surface area contributed by atoms with Gasteiger partial charge in [0.05, 0.1) is 49.4 Å². The van der Waals surface area contributed by atoms with Gasteiger partial charge in [-0.2, -0.15) is 0 Å². The molecule has 4 rings (SSSR count). The van der Waals surface area contributed by atoms with Crippen LogP contribution in [0.3, 0.4) is 0 Å². The zero-order chi connectivity index (χ0) is 23.2. The van der Waals surface area contributed by atoms with E-state index in [9.17, 15) is 0 Å². The number of methoxy groups -OCH3 is 2. The minimum absolute atomic E-state index is 0.630. The van der Waals surface area contributed by atoms with Crippen molar-refractivity contribution in [3.63, 3.8) is 0 Å². The summed E-state index contributed by atoms with van der Waals surface area (Å²) in [5, 5.41) is 0. The lowest BCUT2D eigenvalue weighted by atomic mass is 9.98. The first-order valence-corrected chi connectivity index (χ1v) is 11.5. The number of imidazole rings is 2. The minimum Gasteiger partial charge on any atom is -0.497 e. The van der Waals surface area contributed by atoms with Crippen molar-refractivity contribution in [2.75, 3.05) is 20.8 Å². The van der Waals surface area contributed by atoms with Crippen molar-refractivity contribution < 1.29 is 9.47 Å². The summed E-state index contributed by atoms with van der Waals surface area (Å²) in [5.41, 5.74) is 3.86. The van der Waals surface area contributed by atoms with Gasteiger partial charge in [0.15, 0.2) is 0 Å². The summed E-state index contributed by atoms with van der Waals surface area (Å²) in [7, 11) is 3.35. The first kappa shape index (κ1) is 22.9. The van der Waals surface area contributed by atoms with Crippen molar-refractivity contribution in [2.45, 2.75) is 39.3 Å². The fourth-order valence-electron chi connectivity index (χ4n) is 4.21. The number of H-pyrrole nitrogens is 2. The fourth-order valence-corrected chi connectivity index (χ4v) is 4.21. The molecule has 0 saturated heterocycles. The maximum atomic E-state index is 5.35. The Kier molecular flexibility index (Phi) is 7.29. The minimum atomic E-state index is 0.630. The Balaban J connectivity index is 1.55. The quantitative estimate of drug-likeness (QED) is 0.282. The summed E-state index contributed by atoms with van der Waals surface area (Å²) < 4.78 is 10.7. The molecule has 0 fully saturated rings. The highest BCUT2D eigenvalue weighted by molar-refractivity contribution is 5.77. The number of hydrogen-bond donors (Lipinski definition) is 2. The fraction of sp³-hybridized carbons (Fsp3) is 0.385. The van der Waals surface area contributed by atoms with Crippen LogP contribution in [0.5, 0.6) is 11.5 Å². The third kappa shape index (κ3) is 5.54. The summed E-state index contributed by atoms with van der Waals surface area (Å²) in [6, 6.07) is 11.8. The number of hydrogen-bond acceptors (Lipinski definition) is 5. The molecule has 2 heterocycles. The predicted molar refractivity (Wildman–Crippen MR) is 133 cm³/mol.